The monoisotopic (exact) mass is 230 g/mol. The van der Waals surface area contributed by atoms with Crippen molar-refractivity contribution < 1.29 is 0 Å². The van der Waals surface area contributed by atoms with Crippen molar-refractivity contribution in [2.45, 2.75) is 20.4 Å². The van der Waals surface area contributed by atoms with Gasteiger partial charge in [-0.15, -0.1) is 0 Å². The van der Waals surface area contributed by atoms with Crippen LogP contribution in [-0.4, -0.2) is 31.1 Å². The van der Waals surface area contributed by atoms with Crippen molar-refractivity contribution in [1.29, 1.82) is 0 Å². The molecule has 0 radical (unpaired) electrons. The fraction of sp³-hybridized carbons (Fsp3) is 0.600. The molecule has 2 aliphatic rings. The van der Waals surface area contributed by atoms with E-state index in [2.05, 4.69) is 42.3 Å². The van der Waals surface area contributed by atoms with E-state index in [9.17, 15) is 0 Å². The number of fused-ring (bicyclic) bond motifs is 1. The van der Waals surface area contributed by atoms with Crippen molar-refractivity contribution in [3.05, 3.63) is 34.9 Å². The van der Waals surface area contributed by atoms with Gasteiger partial charge in [0.15, 0.2) is 0 Å². The van der Waals surface area contributed by atoms with Crippen molar-refractivity contribution in [1.82, 2.24) is 10.2 Å². The summed E-state index contributed by atoms with van der Waals surface area (Å²) < 4.78 is 0. The second-order valence-corrected chi connectivity index (χ2v) is 5.79. The van der Waals surface area contributed by atoms with E-state index in [1.54, 1.807) is 0 Å². The summed E-state index contributed by atoms with van der Waals surface area (Å²) in [5, 5.41) is 3.50. The van der Waals surface area contributed by atoms with Gasteiger partial charge in [-0.1, -0.05) is 18.2 Å². The molecule has 0 saturated carbocycles. The summed E-state index contributed by atoms with van der Waals surface area (Å²) in [6.45, 7) is 10.6. The van der Waals surface area contributed by atoms with E-state index in [0.29, 0.717) is 0 Å². The molecule has 0 aliphatic carbocycles. The van der Waals surface area contributed by atoms with Gasteiger partial charge >= 0.3 is 0 Å². The molecule has 2 heterocycles. The minimum Gasteiger partial charge on any atom is -0.316 e. The third-order valence-corrected chi connectivity index (χ3v) is 4.44. The molecule has 0 spiro atoms. The Morgan fingerprint density at radius 2 is 1.82 bits per heavy atom. The van der Waals surface area contributed by atoms with Crippen LogP contribution >= 0.6 is 0 Å². The average molecular weight is 230 g/mol. The van der Waals surface area contributed by atoms with Crippen molar-refractivity contribution in [3.8, 4) is 0 Å². The second kappa shape index (κ2) is 4.43. The number of likely N-dealkylation sites (tertiary alicyclic amines) is 1. The first-order chi connectivity index (χ1) is 8.22. The quantitative estimate of drug-likeness (QED) is 0.835. The Morgan fingerprint density at radius 1 is 1.12 bits per heavy atom. The van der Waals surface area contributed by atoms with Crippen LogP contribution < -0.4 is 5.32 Å². The van der Waals surface area contributed by atoms with Crippen LogP contribution in [-0.2, 0) is 6.54 Å². The molecule has 1 aromatic rings. The van der Waals surface area contributed by atoms with Crippen LogP contribution in [0, 0.1) is 25.7 Å². The first-order valence-corrected chi connectivity index (χ1v) is 6.71. The Kier molecular flexibility index (Phi) is 2.93. The maximum absolute atomic E-state index is 3.50. The predicted octanol–water partition coefficient (Wildman–Crippen LogP) is 1.95. The van der Waals surface area contributed by atoms with Crippen LogP contribution in [0.4, 0.5) is 0 Å². The SMILES string of the molecule is Cc1ccc(CN2C[C@H]3CNC[C@H]3C2)cc1C. The van der Waals surface area contributed by atoms with Gasteiger partial charge in [-0.3, -0.25) is 4.90 Å². The Hall–Kier alpha value is -0.860. The zero-order chi connectivity index (χ0) is 11.8. The van der Waals surface area contributed by atoms with Crippen molar-refractivity contribution >= 4 is 0 Å². The zero-order valence-corrected chi connectivity index (χ0v) is 10.9. The largest absolute Gasteiger partial charge is 0.316 e. The van der Waals surface area contributed by atoms with Crippen molar-refractivity contribution in [2.24, 2.45) is 11.8 Å². The standard InChI is InChI=1S/C15H22N2/c1-11-3-4-13(5-12(11)2)8-17-9-14-6-16-7-15(14)10-17/h3-5,14-16H,6-10H2,1-2H3/t14-,15+. The number of rotatable bonds is 2. The summed E-state index contributed by atoms with van der Waals surface area (Å²) >= 11 is 0. The molecule has 2 atom stereocenters. The van der Waals surface area contributed by atoms with Crippen LogP contribution in [0.1, 0.15) is 16.7 Å². The van der Waals surface area contributed by atoms with Gasteiger partial charge in [-0.05, 0) is 55.5 Å². The molecule has 2 heteroatoms. The number of nitrogens with zero attached hydrogens (tertiary/aromatic N) is 1. The summed E-state index contributed by atoms with van der Waals surface area (Å²) in [4.78, 5) is 2.63. The maximum atomic E-state index is 3.50. The highest BCUT2D eigenvalue weighted by Gasteiger charge is 2.35. The second-order valence-electron chi connectivity index (χ2n) is 5.79. The van der Waals surface area contributed by atoms with Gasteiger partial charge in [0.05, 0.1) is 0 Å². The molecule has 0 unspecified atom stereocenters. The van der Waals surface area contributed by atoms with Gasteiger partial charge in [-0.25, -0.2) is 0 Å². The molecule has 1 N–H and O–H groups in total. The normalized spacial score (nSPS) is 28.6. The van der Waals surface area contributed by atoms with E-state index >= 15 is 0 Å². The number of hydrogen-bond donors (Lipinski definition) is 1. The first kappa shape index (κ1) is 11.2. The third-order valence-electron chi connectivity index (χ3n) is 4.44. The van der Waals surface area contributed by atoms with E-state index in [0.717, 1.165) is 18.4 Å². The van der Waals surface area contributed by atoms with Crippen LogP contribution in [0.15, 0.2) is 18.2 Å². The van der Waals surface area contributed by atoms with Gasteiger partial charge in [0.2, 0.25) is 0 Å². The van der Waals surface area contributed by atoms with Crippen LogP contribution in [0.2, 0.25) is 0 Å². The van der Waals surface area contributed by atoms with Crippen LogP contribution in [0.3, 0.4) is 0 Å². The number of aryl methyl sites for hydroxylation is 2. The molecule has 0 bridgehead atoms. The molecule has 2 aliphatic heterocycles. The average Bonchev–Trinajstić information content (AvgIpc) is 2.84. The van der Waals surface area contributed by atoms with E-state index in [1.165, 1.54) is 42.9 Å². The smallest absolute Gasteiger partial charge is 0.0234 e. The zero-order valence-electron chi connectivity index (χ0n) is 10.9. The molecule has 0 aromatic heterocycles. The summed E-state index contributed by atoms with van der Waals surface area (Å²) in [5.41, 5.74) is 4.29. The lowest BCUT2D eigenvalue weighted by atomic mass is 10.0. The van der Waals surface area contributed by atoms with Crippen LogP contribution in [0.5, 0.6) is 0 Å². The molecular weight excluding hydrogens is 208 g/mol. The predicted molar refractivity (Wildman–Crippen MR) is 71.0 cm³/mol. The molecule has 0 amide bonds. The maximum Gasteiger partial charge on any atom is 0.0234 e. The lowest BCUT2D eigenvalue weighted by molar-refractivity contribution is 0.305. The topological polar surface area (TPSA) is 15.3 Å². The molecule has 1 aromatic carbocycles. The highest BCUT2D eigenvalue weighted by Crippen LogP contribution is 2.27. The molecule has 92 valence electrons. The summed E-state index contributed by atoms with van der Waals surface area (Å²) in [5.74, 6) is 1.81. The molecule has 2 saturated heterocycles. The lowest BCUT2D eigenvalue weighted by Gasteiger charge is -2.17. The van der Waals surface area contributed by atoms with Gasteiger partial charge < -0.3 is 5.32 Å². The minimum absolute atomic E-state index is 0.904. The Morgan fingerprint density at radius 3 is 2.47 bits per heavy atom. The number of hydrogen-bond acceptors (Lipinski definition) is 2. The third kappa shape index (κ3) is 2.24. The van der Waals surface area contributed by atoms with Gasteiger partial charge in [0.25, 0.3) is 0 Å². The Labute approximate surface area is 104 Å². The van der Waals surface area contributed by atoms with E-state index in [1.807, 2.05) is 0 Å². The summed E-state index contributed by atoms with van der Waals surface area (Å²) in [6, 6.07) is 6.89. The molecule has 17 heavy (non-hydrogen) atoms. The molecule has 2 nitrogen and oxygen atoms in total. The van der Waals surface area contributed by atoms with Gasteiger partial charge in [0.1, 0.15) is 0 Å². The van der Waals surface area contributed by atoms with Gasteiger partial charge in [-0.2, -0.15) is 0 Å². The molecular formula is C15H22N2. The highest BCUT2D eigenvalue weighted by molar-refractivity contribution is 5.29. The highest BCUT2D eigenvalue weighted by atomic mass is 15.2. The number of nitrogens with one attached hydrogen (secondary N) is 1. The van der Waals surface area contributed by atoms with E-state index < -0.39 is 0 Å². The fourth-order valence-corrected chi connectivity index (χ4v) is 3.24. The van der Waals surface area contributed by atoms with Gasteiger partial charge in [0, 0.05) is 19.6 Å². The molecule has 3 rings (SSSR count). The van der Waals surface area contributed by atoms with E-state index in [4.69, 9.17) is 0 Å². The fourth-order valence-electron chi connectivity index (χ4n) is 3.24. The Balaban J connectivity index is 1.65. The lowest BCUT2D eigenvalue weighted by Crippen LogP contribution is -2.25. The van der Waals surface area contributed by atoms with E-state index in [-0.39, 0.29) is 0 Å². The summed E-state index contributed by atoms with van der Waals surface area (Å²) in [7, 11) is 0. The Bertz CT molecular complexity index is 401. The minimum atomic E-state index is 0.904. The first-order valence-electron chi connectivity index (χ1n) is 6.71. The summed E-state index contributed by atoms with van der Waals surface area (Å²) in [6.07, 6.45) is 0. The van der Waals surface area contributed by atoms with Crippen molar-refractivity contribution in [2.75, 3.05) is 26.2 Å². The number of benzene rings is 1. The molecule has 2 fully saturated rings. The van der Waals surface area contributed by atoms with Crippen LogP contribution in [0.25, 0.3) is 0 Å². The van der Waals surface area contributed by atoms with Crippen molar-refractivity contribution in [3.63, 3.8) is 0 Å².